The third kappa shape index (κ3) is 2.83. The van der Waals surface area contributed by atoms with Gasteiger partial charge in [-0.05, 0) is 52.7 Å². The van der Waals surface area contributed by atoms with Gasteiger partial charge in [0.25, 0.3) is 0 Å². The Morgan fingerprint density at radius 1 is 1.12 bits per heavy atom. The highest BCUT2D eigenvalue weighted by Crippen LogP contribution is 2.25. The molecule has 0 aliphatic rings. The van der Waals surface area contributed by atoms with Crippen LogP contribution in [0.15, 0.2) is 45.5 Å². The third-order valence-electron chi connectivity index (χ3n) is 2.05. The number of pyridine rings is 1. The molecule has 0 amide bonds. The molecule has 0 unspecified atom stereocenters. The molecule has 2 nitrogen and oxygen atoms in total. The highest BCUT2D eigenvalue weighted by Gasteiger charge is 2.00. The number of aryl methyl sites for hydroxylation is 1. The Morgan fingerprint density at radius 2 is 1.94 bits per heavy atom. The van der Waals surface area contributed by atoms with Gasteiger partial charge in [-0.1, -0.05) is 15.9 Å². The predicted octanol–water partition coefficient (Wildman–Crippen LogP) is 4.71. The van der Waals surface area contributed by atoms with E-state index in [1.807, 2.05) is 37.3 Å². The monoisotopic (exact) mass is 341 g/mol. The molecule has 4 heteroatoms. The standard InChI is InChI=1S/C12H9Br2NO/c1-8-6-10(3-4-11(8)14)16-12-5-2-9(13)7-15-12/h2-7H,1H3. The highest BCUT2D eigenvalue weighted by atomic mass is 79.9. The second kappa shape index (κ2) is 4.97. The van der Waals surface area contributed by atoms with E-state index in [0.29, 0.717) is 5.88 Å². The van der Waals surface area contributed by atoms with Gasteiger partial charge in [-0.2, -0.15) is 0 Å². The average Bonchev–Trinajstić information content (AvgIpc) is 2.27. The Balaban J connectivity index is 2.20. The first-order valence-corrected chi connectivity index (χ1v) is 6.29. The van der Waals surface area contributed by atoms with E-state index in [2.05, 4.69) is 36.8 Å². The fourth-order valence-corrected chi connectivity index (χ4v) is 1.71. The molecule has 0 bridgehead atoms. The van der Waals surface area contributed by atoms with Crippen molar-refractivity contribution in [3.63, 3.8) is 0 Å². The lowest BCUT2D eigenvalue weighted by Crippen LogP contribution is -1.88. The molecule has 16 heavy (non-hydrogen) atoms. The number of ether oxygens (including phenoxy) is 1. The van der Waals surface area contributed by atoms with Crippen LogP contribution in [0.2, 0.25) is 0 Å². The van der Waals surface area contributed by atoms with Crippen molar-refractivity contribution in [2.45, 2.75) is 6.92 Å². The predicted molar refractivity (Wildman–Crippen MR) is 70.9 cm³/mol. The molecular weight excluding hydrogens is 334 g/mol. The van der Waals surface area contributed by atoms with Gasteiger partial charge in [0.05, 0.1) is 0 Å². The van der Waals surface area contributed by atoms with Gasteiger partial charge in [-0.15, -0.1) is 0 Å². The lowest BCUT2D eigenvalue weighted by molar-refractivity contribution is 0.462. The maximum atomic E-state index is 5.62. The van der Waals surface area contributed by atoms with Crippen LogP contribution in [0.3, 0.4) is 0 Å². The molecule has 0 radical (unpaired) electrons. The number of halogens is 2. The van der Waals surface area contributed by atoms with Crippen molar-refractivity contribution in [1.82, 2.24) is 4.98 Å². The maximum absolute atomic E-state index is 5.62. The van der Waals surface area contributed by atoms with Crippen molar-refractivity contribution in [1.29, 1.82) is 0 Å². The van der Waals surface area contributed by atoms with E-state index in [9.17, 15) is 0 Å². The lowest BCUT2D eigenvalue weighted by Gasteiger charge is -2.06. The SMILES string of the molecule is Cc1cc(Oc2ccc(Br)cn2)ccc1Br. The Hall–Kier alpha value is -0.870. The van der Waals surface area contributed by atoms with Crippen molar-refractivity contribution in [3.05, 3.63) is 51.0 Å². The van der Waals surface area contributed by atoms with Crippen LogP contribution in [0, 0.1) is 6.92 Å². The summed E-state index contributed by atoms with van der Waals surface area (Å²) in [5.74, 6) is 1.38. The summed E-state index contributed by atoms with van der Waals surface area (Å²) in [6.07, 6.45) is 1.71. The Bertz CT molecular complexity index is 497. The van der Waals surface area contributed by atoms with E-state index >= 15 is 0 Å². The summed E-state index contributed by atoms with van der Waals surface area (Å²) in [4.78, 5) is 4.14. The van der Waals surface area contributed by atoms with Crippen molar-refractivity contribution in [2.24, 2.45) is 0 Å². The van der Waals surface area contributed by atoms with E-state index in [0.717, 1.165) is 20.3 Å². The average molecular weight is 343 g/mol. The van der Waals surface area contributed by atoms with Crippen LogP contribution in [0.1, 0.15) is 5.56 Å². The summed E-state index contributed by atoms with van der Waals surface area (Å²) in [7, 11) is 0. The van der Waals surface area contributed by atoms with E-state index in [-0.39, 0.29) is 0 Å². The molecule has 82 valence electrons. The smallest absolute Gasteiger partial charge is 0.219 e. The molecule has 0 fully saturated rings. The topological polar surface area (TPSA) is 22.1 Å². The van der Waals surface area contributed by atoms with E-state index in [1.54, 1.807) is 6.20 Å². The van der Waals surface area contributed by atoms with Crippen LogP contribution in [-0.2, 0) is 0 Å². The molecule has 0 saturated carbocycles. The summed E-state index contributed by atoms with van der Waals surface area (Å²) in [5, 5.41) is 0. The van der Waals surface area contributed by atoms with E-state index < -0.39 is 0 Å². The Kier molecular flexibility index (Phi) is 3.61. The minimum Gasteiger partial charge on any atom is -0.439 e. The second-order valence-corrected chi connectivity index (χ2v) is 5.10. The quantitative estimate of drug-likeness (QED) is 0.788. The highest BCUT2D eigenvalue weighted by molar-refractivity contribution is 9.10. The molecule has 2 rings (SSSR count). The van der Waals surface area contributed by atoms with E-state index in [4.69, 9.17) is 4.74 Å². The maximum Gasteiger partial charge on any atom is 0.219 e. The molecule has 0 saturated heterocycles. The van der Waals surface area contributed by atoms with Gasteiger partial charge < -0.3 is 4.74 Å². The molecule has 0 aliphatic carbocycles. The van der Waals surface area contributed by atoms with Gasteiger partial charge in [-0.3, -0.25) is 0 Å². The molecule has 1 heterocycles. The van der Waals surface area contributed by atoms with Gasteiger partial charge in [-0.25, -0.2) is 4.98 Å². The van der Waals surface area contributed by atoms with Crippen LogP contribution in [-0.4, -0.2) is 4.98 Å². The first-order chi connectivity index (χ1) is 7.65. The molecule has 1 aromatic carbocycles. The van der Waals surface area contributed by atoms with Crippen LogP contribution < -0.4 is 4.74 Å². The largest absolute Gasteiger partial charge is 0.439 e. The normalized spacial score (nSPS) is 10.2. The summed E-state index contributed by atoms with van der Waals surface area (Å²) in [5.41, 5.74) is 1.13. The van der Waals surface area contributed by atoms with Gasteiger partial charge in [0, 0.05) is 21.2 Å². The number of benzene rings is 1. The summed E-state index contributed by atoms with van der Waals surface area (Å²) in [6.45, 7) is 2.02. The zero-order chi connectivity index (χ0) is 11.5. The van der Waals surface area contributed by atoms with Crippen molar-refractivity contribution < 1.29 is 4.74 Å². The van der Waals surface area contributed by atoms with Crippen molar-refractivity contribution in [2.75, 3.05) is 0 Å². The lowest BCUT2D eigenvalue weighted by atomic mass is 10.2. The Labute approximate surface area is 111 Å². The fraction of sp³-hybridized carbons (Fsp3) is 0.0833. The van der Waals surface area contributed by atoms with Crippen molar-refractivity contribution in [3.8, 4) is 11.6 Å². The number of hydrogen-bond donors (Lipinski definition) is 0. The van der Waals surface area contributed by atoms with Crippen LogP contribution in [0.25, 0.3) is 0 Å². The molecule has 0 atom stereocenters. The minimum absolute atomic E-state index is 0.588. The first kappa shape index (κ1) is 11.6. The van der Waals surface area contributed by atoms with Crippen LogP contribution in [0.5, 0.6) is 11.6 Å². The summed E-state index contributed by atoms with van der Waals surface area (Å²) >= 11 is 6.77. The van der Waals surface area contributed by atoms with Gasteiger partial charge in [0.2, 0.25) is 5.88 Å². The number of hydrogen-bond acceptors (Lipinski definition) is 2. The second-order valence-electron chi connectivity index (χ2n) is 3.33. The fourth-order valence-electron chi connectivity index (χ4n) is 1.22. The van der Waals surface area contributed by atoms with Gasteiger partial charge in [0.15, 0.2) is 0 Å². The summed E-state index contributed by atoms with van der Waals surface area (Å²) < 4.78 is 7.63. The Morgan fingerprint density at radius 3 is 2.56 bits per heavy atom. The zero-order valence-corrected chi connectivity index (χ0v) is 11.7. The van der Waals surface area contributed by atoms with E-state index in [1.165, 1.54) is 0 Å². The van der Waals surface area contributed by atoms with Crippen LogP contribution in [0.4, 0.5) is 0 Å². The molecule has 0 aliphatic heterocycles. The molecular formula is C12H9Br2NO. The van der Waals surface area contributed by atoms with Crippen molar-refractivity contribution >= 4 is 31.9 Å². The summed E-state index contributed by atoms with van der Waals surface area (Å²) in [6, 6.07) is 9.55. The number of aromatic nitrogens is 1. The van der Waals surface area contributed by atoms with Crippen LogP contribution >= 0.6 is 31.9 Å². The third-order valence-corrected chi connectivity index (χ3v) is 3.41. The first-order valence-electron chi connectivity index (χ1n) is 4.71. The molecule has 1 aromatic heterocycles. The molecule has 2 aromatic rings. The van der Waals surface area contributed by atoms with Gasteiger partial charge in [0.1, 0.15) is 5.75 Å². The molecule has 0 N–H and O–H groups in total. The minimum atomic E-state index is 0.588. The number of nitrogens with zero attached hydrogens (tertiary/aromatic N) is 1. The molecule has 0 spiro atoms. The van der Waals surface area contributed by atoms with Gasteiger partial charge >= 0.3 is 0 Å². The zero-order valence-electron chi connectivity index (χ0n) is 8.58. The number of rotatable bonds is 2.